The van der Waals surface area contributed by atoms with E-state index < -0.39 is 0 Å². The predicted octanol–water partition coefficient (Wildman–Crippen LogP) is 5.53. The molecular formula is C34H38BrN3O3. The van der Waals surface area contributed by atoms with Crippen LogP contribution in [0.2, 0.25) is 0 Å². The van der Waals surface area contributed by atoms with Crippen molar-refractivity contribution in [1.82, 2.24) is 15.1 Å². The summed E-state index contributed by atoms with van der Waals surface area (Å²) >= 11 is 3.50. The molecule has 1 N–H and O–H groups in total. The number of carbonyl (C=O) groups excluding carboxylic acids is 2. The molecule has 41 heavy (non-hydrogen) atoms. The van der Waals surface area contributed by atoms with Crippen LogP contribution in [0.15, 0.2) is 83.3 Å². The third-order valence-corrected chi connectivity index (χ3v) is 10.1. The minimum absolute atomic E-state index is 0.114. The summed E-state index contributed by atoms with van der Waals surface area (Å²) in [6, 6.07) is 26.1. The van der Waals surface area contributed by atoms with Crippen LogP contribution in [0.5, 0.6) is 5.75 Å². The Morgan fingerprint density at radius 1 is 0.951 bits per heavy atom. The predicted molar refractivity (Wildman–Crippen MR) is 164 cm³/mol. The Hall–Kier alpha value is -3.00. The molecule has 1 spiro atoms. The number of Topliss-reactive ketones (excluding diaryl/α,β-unsaturated/α-hetero) is 1. The Kier molecular flexibility index (Phi) is 8.29. The van der Waals surface area contributed by atoms with Crippen molar-refractivity contribution < 1.29 is 14.3 Å². The maximum absolute atomic E-state index is 14.4. The number of hydrogen-bond donors (Lipinski definition) is 1. The highest BCUT2D eigenvalue weighted by atomic mass is 79.9. The molecule has 3 aliphatic rings. The van der Waals surface area contributed by atoms with Crippen LogP contribution in [-0.4, -0.2) is 67.4 Å². The first-order valence-electron chi connectivity index (χ1n) is 14.7. The van der Waals surface area contributed by atoms with Gasteiger partial charge in [-0.15, -0.1) is 0 Å². The minimum atomic E-state index is -0.323. The van der Waals surface area contributed by atoms with Crippen LogP contribution in [-0.2, 0) is 11.3 Å². The molecule has 3 heterocycles. The molecule has 6 rings (SSSR count). The fourth-order valence-corrected chi connectivity index (χ4v) is 7.55. The Labute approximate surface area is 251 Å². The Morgan fingerprint density at radius 2 is 1.63 bits per heavy atom. The molecule has 1 unspecified atom stereocenters. The number of nitrogens with one attached hydrogen (secondary N) is 1. The van der Waals surface area contributed by atoms with E-state index in [9.17, 15) is 9.59 Å². The van der Waals surface area contributed by atoms with Crippen molar-refractivity contribution in [2.45, 2.75) is 37.8 Å². The van der Waals surface area contributed by atoms with E-state index in [4.69, 9.17) is 4.74 Å². The minimum Gasteiger partial charge on any atom is -0.496 e. The van der Waals surface area contributed by atoms with Crippen molar-refractivity contribution in [3.8, 4) is 5.75 Å². The number of ether oxygens (including phenoxy) is 1. The molecule has 7 heteroatoms. The van der Waals surface area contributed by atoms with E-state index in [1.54, 1.807) is 7.11 Å². The molecule has 3 aromatic carbocycles. The molecule has 0 radical (unpaired) electrons. The first-order valence-corrected chi connectivity index (χ1v) is 15.5. The fraction of sp³-hybridized carbons (Fsp3) is 0.412. The third kappa shape index (κ3) is 5.60. The van der Waals surface area contributed by atoms with Crippen molar-refractivity contribution in [3.05, 3.63) is 100 Å². The van der Waals surface area contributed by atoms with Crippen LogP contribution in [0, 0.1) is 11.3 Å². The summed E-state index contributed by atoms with van der Waals surface area (Å²) in [6.45, 7) is 4.56. The molecule has 1 amide bonds. The van der Waals surface area contributed by atoms with Gasteiger partial charge in [-0.3, -0.25) is 14.5 Å². The first kappa shape index (κ1) is 28.1. The van der Waals surface area contributed by atoms with Gasteiger partial charge in [0.1, 0.15) is 5.75 Å². The lowest BCUT2D eigenvalue weighted by Crippen LogP contribution is -2.54. The molecule has 6 nitrogen and oxygen atoms in total. The van der Waals surface area contributed by atoms with Gasteiger partial charge in [-0.2, -0.15) is 0 Å². The molecule has 0 aliphatic carbocycles. The van der Waals surface area contributed by atoms with Crippen molar-refractivity contribution >= 4 is 27.6 Å². The number of ketones is 1. The van der Waals surface area contributed by atoms with E-state index in [1.807, 2.05) is 47.4 Å². The Morgan fingerprint density at radius 3 is 2.37 bits per heavy atom. The monoisotopic (exact) mass is 615 g/mol. The van der Waals surface area contributed by atoms with Gasteiger partial charge < -0.3 is 15.0 Å². The van der Waals surface area contributed by atoms with Crippen LogP contribution in [0.3, 0.4) is 0 Å². The SMILES string of the molecule is COc1ccccc1C(=O)C([C@@H]1CNC[C@@H]1c1ccccc1)N1CCC2(CCN(Cc3ccc(Br)cc3)C2=O)CC1. The summed E-state index contributed by atoms with van der Waals surface area (Å²) < 4.78 is 6.67. The van der Waals surface area contributed by atoms with Crippen LogP contribution in [0.4, 0.5) is 0 Å². The maximum Gasteiger partial charge on any atom is 0.229 e. The number of nitrogens with zero attached hydrogens (tertiary/aromatic N) is 2. The van der Waals surface area contributed by atoms with E-state index in [-0.39, 0.29) is 35.0 Å². The van der Waals surface area contributed by atoms with Crippen LogP contribution < -0.4 is 10.1 Å². The van der Waals surface area contributed by atoms with Gasteiger partial charge in [-0.1, -0.05) is 70.5 Å². The van der Waals surface area contributed by atoms with Gasteiger partial charge >= 0.3 is 0 Å². The van der Waals surface area contributed by atoms with Crippen molar-refractivity contribution in [2.24, 2.45) is 11.3 Å². The number of methoxy groups -OCH3 is 1. The van der Waals surface area contributed by atoms with E-state index in [0.717, 1.165) is 62.0 Å². The van der Waals surface area contributed by atoms with Crippen molar-refractivity contribution in [2.75, 3.05) is 39.8 Å². The highest BCUT2D eigenvalue weighted by Gasteiger charge is 2.51. The van der Waals surface area contributed by atoms with Gasteiger partial charge in [0.25, 0.3) is 0 Å². The lowest BCUT2D eigenvalue weighted by atomic mass is 9.74. The largest absolute Gasteiger partial charge is 0.496 e. The summed E-state index contributed by atoms with van der Waals surface area (Å²) in [5.74, 6) is 1.37. The lowest BCUT2D eigenvalue weighted by molar-refractivity contribution is -0.139. The first-order chi connectivity index (χ1) is 20.0. The number of amides is 1. The molecule has 3 saturated heterocycles. The molecule has 0 saturated carbocycles. The number of hydrogen-bond acceptors (Lipinski definition) is 5. The molecule has 0 bridgehead atoms. The van der Waals surface area contributed by atoms with Gasteiger partial charge in [0, 0.05) is 42.5 Å². The van der Waals surface area contributed by atoms with E-state index >= 15 is 0 Å². The molecular weight excluding hydrogens is 578 g/mol. The maximum atomic E-state index is 14.4. The van der Waals surface area contributed by atoms with Crippen molar-refractivity contribution in [3.63, 3.8) is 0 Å². The number of rotatable bonds is 8. The number of piperidine rings is 1. The molecule has 214 valence electrons. The number of para-hydroxylation sites is 1. The van der Waals surface area contributed by atoms with Gasteiger partial charge in [0.15, 0.2) is 5.78 Å². The topological polar surface area (TPSA) is 61.9 Å². The summed E-state index contributed by atoms with van der Waals surface area (Å²) in [5, 5.41) is 3.59. The number of carbonyl (C=O) groups is 2. The second-order valence-electron chi connectivity index (χ2n) is 11.8. The molecule has 0 aromatic heterocycles. The van der Waals surface area contributed by atoms with Crippen LogP contribution in [0.25, 0.3) is 0 Å². The van der Waals surface area contributed by atoms with E-state index in [2.05, 4.69) is 62.5 Å². The van der Waals surface area contributed by atoms with E-state index in [1.165, 1.54) is 5.56 Å². The summed E-state index contributed by atoms with van der Waals surface area (Å²) in [7, 11) is 1.63. The van der Waals surface area contributed by atoms with Crippen LogP contribution >= 0.6 is 15.9 Å². The number of halogens is 1. The Balaban J connectivity index is 1.23. The van der Waals surface area contributed by atoms with Gasteiger partial charge in [0.05, 0.1) is 24.1 Å². The highest BCUT2D eigenvalue weighted by Crippen LogP contribution is 2.44. The zero-order chi connectivity index (χ0) is 28.4. The third-order valence-electron chi connectivity index (χ3n) is 9.57. The fourth-order valence-electron chi connectivity index (χ4n) is 7.28. The normalized spacial score (nSPS) is 23.2. The van der Waals surface area contributed by atoms with Gasteiger partial charge in [0.2, 0.25) is 5.91 Å². The summed E-state index contributed by atoms with van der Waals surface area (Å²) in [5.41, 5.74) is 2.73. The molecule has 3 fully saturated rings. The zero-order valence-corrected chi connectivity index (χ0v) is 25.2. The average molecular weight is 617 g/mol. The van der Waals surface area contributed by atoms with Gasteiger partial charge in [-0.05, 0) is 67.7 Å². The summed E-state index contributed by atoms with van der Waals surface area (Å²) in [4.78, 5) is 32.6. The molecule has 3 atom stereocenters. The number of likely N-dealkylation sites (tertiary alicyclic amines) is 2. The molecule has 3 aliphatic heterocycles. The summed E-state index contributed by atoms with van der Waals surface area (Å²) in [6.07, 6.45) is 2.46. The number of benzene rings is 3. The molecule has 3 aromatic rings. The smallest absolute Gasteiger partial charge is 0.229 e. The lowest BCUT2D eigenvalue weighted by Gasteiger charge is -2.43. The second kappa shape index (κ2) is 12.1. The zero-order valence-electron chi connectivity index (χ0n) is 23.6. The standard InChI is InChI=1S/C34H38BrN3O3/c1-41-30-10-6-5-9-27(30)32(39)31(29-22-36-21-28(29)25-7-3-2-4-8-25)37-18-15-34(16-19-37)17-20-38(33(34)40)23-24-11-13-26(35)14-12-24/h2-14,28-29,31,36H,15-23H2,1H3/t28-,29-,31?/m1/s1. The Bertz CT molecular complexity index is 1370. The van der Waals surface area contributed by atoms with Crippen molar-refractivity contribution in [1.29, 1.82) is 0 Å². The average Bonchev–Trinajstić information content (AvgIpc) is 3.61. The second-order valence-corrected chi connectivity index (χ2v) is 12.7. The quantitative estimate of drug-likeness (QED) is 0.338. The highest BCUT2D eigenvalue weighted by molar-refractivity contribution is 9.10. The van der Waals surface area contributed by atoms with E-state index in [0.29, 0.717) is 17.9 Å². The van der Waals surface area contributed by atoms with Crippen LogP contribution in [0.1, 0.15) is 46.7 Å². The van der Waals surface area contributed by atoms with Gasteiger partial charge in [-0.25, -0.2) is 0 Å².